The summed E-state index contributed by atoms with van der Waals surface area (Å²) in [4.78, 5) is 38.4. The third-order valence-corrected chi connectivity index (χ3v) is 4.07. The fourth-order valence-electron chi connectivity index (χ4n) is 2.77. The van der Waals surface area contributed by atoms with Gasteiger partial charge in [-0.3, -0.25) is 9.59 Å². The maximum absolute atomic E-state index is 12.6. The van der Waals surface area contributed by atoms with Crippen molar-refractivity contribution in [2.75, 3.05) is 26.7 Å². The van der Waals surface area contributed by atoms with Crippen molar-refractivity contribution in [1.29, 1.82) is 0 Å². The van der Waals surface area contributed by atoms with E-state index >= 15 is 0 Å². The normalized spacial score (nSPS) is 21.8. The van der Waals surface area contributed by atoms with Gasteiger partial charge in [-0.05, 0) is 38.0 Å². The second-order valence-electron chi connectivity index (χ2n) is 5.82. The van der Waals surface area contributed by atoms with Gasteiger partial charge in [0.1, 0.15) is 12.6 Å². The van der Waals surface area contributed by atoms with Crippen LogP contribution in [0.15, 0.2) is 0 Å². The molecule has 2 rings (SSSR count). The van der Waals surface area contributed by atoms with Gasteiger partial charge in [-0.2, -0.15) is 0 Å². The van der Waals surface area contributed by atoms with E-state index in [4.69, 9.17) is 5.11 Å². The number of likely N-dealkylation sites (N-methyl/N-ethyl adjacent to an activating group) is 1. The predicted molar refractivity (Wildman–Crippen MR) is 75.7 cm³/mol. The third kappa shape index (κ3) is 4.09. The topological polar surface area (TPSA) is 90.0 Å². The predicted octanol–water partition coefficient (Wildman–Crippen LogP) is 0.503. The Morgan fingerprint density at radius 2 is 1.95 bits per heavy atom. The molecule has 2 N–H and O–H groups in total. The van der Waals surface area contributed by atoms with Crippen LogP contribution in [0, 0.1) is 5.92 Å². The molecule has 7 nitrogen and oxygen atoms in total. The minimum absolute atomic E-state index is 0.176. The smallest absolute Gasteiger partial charge is 0.323 e. The number of piperidine rings is 1. The molecule has 0 aromatic carbocycles. The zero-order valence-electron chi connectivity index (χ0n) is 12.4. The van der Waals surface area contributed by atoms with Crippen LogP contribution in [0.3, 0.4) is 0 Å². The highest BCUT2D eigenvalue weighted by molar-refractivity contribution is 5.88. The molecule has 1 aliphatic carbocycles. The Morgan fingerprint density at radius 1 is 1.24 bits per heavy atom. The summed E-state index contributed by atoms with van der Waals surface area (Å²) in [6.45, 7) is 0.687. The molecule has 0 spiro atoms. The highest BCUT2D eigenvalue weighted by atomic mass is 16.4. The van der Waals surface area contributed by atoms with Gasteiger partial charge in [-0.25, -0.2) is 4.79 Å². The number of carbonyl (C=O) groups excluding carboxylic acids is 2. The van der Waals surface area contributed by atoms with Gasteiger partial charge >= 0.3 is 12.0 Å². The summed E-state index contributed by atoms with van der Waals surface area (Å²) in [5.74, 6) is -0.779. The fraction of sp³-hybridized carbons (Fsp3) is 0.786. The van der Waals surface area contributed by atoms with Gasteiger partial charge in [0, 0.05) is 20.1 Å². The number of nitrogens with one attached hydrogen (secondary N) is 1. The number of rotatable bonds is 5. The maximum Gasteiger partial charge on any atom is 0.323 e. The Labute approximate surface area is 124 Å². The van der Waals surface area contributed by atoms with Crippen LogP contribution in [-0.2, 0) is 9.59 Å². The maximum atomic E-state index is 12.6. The Bertz CT molecular complexity index is 422. The zero-order chi connectivity index (χ0) is 15.4. The van der Waals surface area contributed by atoms with Crippen LogP contribution < -0.4 is 5.32 Å². The Morgan fingerprint density at radius 3 is 2.52 bits per heavy atom. The molecule has 0 aromatic heterocycles. The van der Waals surface area contributed by atoms with Crippen LogP contribution in [0.1, 0.15) is 32.1 Å². The summed E-state index contributed by atoms with van der Waals surface area (Å²) in [6, 6.07) is -0.802. The number of nitrogens with zero attached hydrogens (tertiary/aromatic N) is 2. The number of carboxylic acids is 1. The van der Waals surface area contributed by atoms with Crippen LogP contribution in [0.4, 0.5) is 4.79 Å². The fourth-order valence-corrected chi connectivity index (χ4v) is 2.77. The highest BCUT2D eigenvalue weighted by Gasteiger charge is 2.36. The molecule has 7 heteroatoms. The lowest BCUT2D eigenvalue weighted by Gasteiger charge is -2.37. The largest absolute Gasteiger partial charge is 0.480 e. The van der Waals surface area contributed by atoms with Crippen molar-refractivity contribution in [1.82, 2.24) is 15.1 Å². The average molecular weight is 297 g/mol. The van der Waals surface area contributed by atoms with Crippen LogP contribution >= 0.6 is 0 Å². The summed E-state index contributed by atoms with van der Waals surface area (Å²) < 4.78 is 0. The Hall–Kier alpha value is -1.79. The molecular weight excluding hydrogens is 274 g/mol. The van der Waals surface area contributed by atoms with Crippen molar-refractivity contribution in [3.05, 3.63) is 0 Å². The summed E-state index contributed by atoms with van der Waals surface area (Å²) >= 11 is 0. The summed E-state index contributed by atoms with van der Waals surface area (Å²) in [7, 11) is 1.55. The van der Waals surface area contributed by atoms with Gasteiger partial charge in [-0.15, -0.1) is 0 Å². The van der Waals surface area contributed by atoms with Gasteiger partial charge in [0.15, 0.2) is 0 Å². The summed E-state index contributed by atoms with van der Waals surface area (Å²) in [5, 5.41) is 11.6. The van der Waals surface area contributed by atoms with E-state index in [1.165, 1.54) is 9.80 Å². The van der Waals surface area contributed by atoms with E-state index in [9.17, 15) is 14.4 Å². The number of carboxylic acid groups (broad SMARTS) is 1. The van der Waals surface area contributed by atoms with Gasteiger partial charge < -0.3 is 20.2 Å². The first-order valence-electron chi connectivity index (χ1n) is 7.52. The quantitative estimate of drug-likeness (QED) is 0.773. The van der Waals surface area contributed by atoms with Crippen LogP contribution in [-0.4, -0.2) is 65.5 Å². The van der Waals surface area contributed by atoms with E-state index in [-0.39, 0.29) is 18.5 Å². The lowest BCUT2D eigenvalue weighted by Crippen LogP contribution is -2.56. The lowest BCUT2D eigenvalue weighted by atomic mass is 10.0. The molecule has 2 aliphatic rings. The molecule has 0 radical (unpaired) electrons. The van der Waals surface area contributed by atoms with Crippen molar-refractivity contribution in [2.24, 2.45) is 5.92 Å². The standard InChI is InChI=1S/C14H23N3O4/c1-15-13(20)11-4-2-3-7-17(11)14(21)16(9-12(18)19)8-10-5-6-10/h10-11H,2-9H2,1H3,(H,15,20)(H,18,19). The average Bonchev–Trinajstić information content (AvgIpc) is 3.28. The molecule has 1 unspecified atom stereocenters. The first-order valence-corrected chi connectivity index (χ1v) is 7.52. The van der Waals surface area contributed by atoms with Crippen LogP contribution in [0.2, 0.25) is 0 Å². The van der Waals surface area contributed by atoms with Gasteiger partial charge in [0.05, 0.1) is 0 Å². The monoisotopic (exact) mass is 297 g/mol. The van der Waals surface area contributed by atoms with E-state index in [1.54, 1.807) is 7.05 Å². The SMILES string of the molecule is CNC(=O)C1CCCCN1C(=O)N(CC(=O)O)CC1CC1. The van der Waals surface area contributed by atoms with Crippen molar-refractivity contribution >= 4 is 17.9 Å². The van der Waals surface area contributed by atoms with E-state index in [2.05, 4.69) is 5.32 Å². The van der Waals surface area contributed by atoms with Crippen LogP contribution in [0.5, 0.6) is 0 Å². The number of amides is 3. The number of hydrogen-bond acceptors (Lipinski definition) is 3. The van der Waals surface area contributed by atoms with Crippen LogP contribution in [0.25, 0.3) is 0 Å². The van der Waals surface area contributed by atoms with Crippen molar-refractivity contribution in [2.45, 2.75) is 38.1 Å². The lowest BCUT2D eigenvalue weighted by molar-refractivity contribution is -0.137. The minimum atomic E-state index is -1.02. The number of likely N-dealkylation sites (tertiary alicyclic amines) is 1. The minimum Gasteiger partial charge on any atom is -0.480 e. The molecule has 118 valence electrons. The van der Waals surface area contributed by atoms with Gasteiger partial charge in [0.25, 0.3) is 0 Å². The van der Waals surface area contributed by atoms with Crippen molar-refractivity contribution in [3.8, 4) is 0 Å². The molecule has 1 aliphatic heterocycles. The molecular formula is C14H23N3O4. The molecule has 1 heterocycles. The molecule has 1 saturated heterocycles. The zero-order valence-corrected chi connectivity index (χ0v) is 12.4. The number of carbonyl (C=O) groups is 3. The molecule has 0 bridgehead atoms. The van der Waals surface area contributed by atoms with Gasteiger partial charge in [-0.1, -0.05) is 0 Å². The molecule has 1 atom stereocenters. The van der Waals surface area contributed by atoms with E-state index in [0.29, 0.717) is 25.4 Å². The number of hydrogen-bond donors (Lipinski definition) is 2. The van der Waals surface area contributed by atoms with Gasteiger partial charge in [0.2, 0.25) is 5.91 Å². The first-order chi connectivity index (χ1) is 10.0. The molecule has 3 amide bonds. The molecule has 2 fully saturated rings. The second-order valence-corrected chi connectivity index (χ2v) is 5.82. The van der Waals surface area contributed by atoms with E-state index < -0.39 is 12.0 Å². The molecule has 21 heavy (non-hydrogen) atoms. The summed E-state index contributed by atoms with van der Waals surface area (Å²) in [6.07, 6.45) is 4.48. The van der Waals surface area contributed by atoms with Crippen molar-refractivity contribution in [3.63, 3.8) is 0 Å². The number of urea groups is 1. The highest BCUT2D eigenvalue weighted by Crippen LogP contribution is 2.30. The Balaban J connectivity index is 2.08. The molecule has 0 aromatic rings. The summed E-state index contributed by atoms with van der Waals surface area (Å²) in [5.41, 5.74) is 0. The molecule has 1 saturated carbocycles. The number of aliphatic carboxylic acids is 1. The van der Waals surface area contributed by atoms with E-state index in [0.717, 1.165) is 25.7 Å². The van der Waals surface area contributed by atoms with Crippen molar-refractivity contribution < 1.29 is 19.5 Å². The van der Waals surface area contributed by atoms with E-state index in [1.807, 2.05) is 0 Å². The first kappa shape index (κ1) is 15.6. The second kappa shape index (κ2) is 6.78. The third-order valence-electron chi connectivity index (χ3n) is 4.07. The Kier molecular flexibility index (Phi) is 5.03.